The molecule has 96 valence electrons. The lowest BCUT2D eigenvalue weighted by atomic mass is 9.86. The first-order valence-electron chi connectivity index (χ1n) is 7.35. The molecule has 2 aliphatic heterocycles. The number of amides is 1. The van der Waals surface area contributed by atoms with Crippen LogP contribution in [0.1, 0.15) is 44.9 Å². The number of hydrogen-bond donors (Lipinski definition) is 1. The normalized spacial score (nSPS) is 34.0. The Balaban J connectivity index is 1.55. The second-order valence-electron chi connectivity index (χ2n) is 6.07. The maximum absolute atomic E-state index is 12.4. The number of carbonyl (C=O) groups is 1. The molecule has 0 aromatic rings. The van der Waals surface area contributed by atoms with Crippen LogP contribution in [0.25, 0.3) is 0 Å². The van der Waals surface area contributed by atoms with Crippen molar-refractivity contribution < 1.29 is 4.79 Å². The third kappa shape index (κ3) is 2.35. The van der Waals surface area contributed by atoms with Crippen molar-refractivity contribution >= 4 is 5.91 Å². The van der Waals surface area contributed by atoms with Crippen molar-refractivity contribution in [3.05, 3.63) is 0 Å². The molecule has 0 spiro atoms. The molecule has 3 heteroatoms. The smallest absolute Gasteiger partial charge is 0.223 e. The third-order valence-corrected chi connectivity index (χ3v) is 4.95. The number of likely N-dealkylation sites (tertiary alicyclic amines) is 1. The minimum absolute atomic E-state index is 0.438. The number of fused-ring (bicyclic) bond motifs is 1. The van der Waals surface area contributed by atoms with E-state index in [-0.39, 0.29) is 0 Å². The Hall–Kier alpha value is -0.570. The Morgan fingerprint density at radius 3 is 2.76 bits per heavy atom. The van der Waals surface area contributed by atoms with Gasteiger partial charge in [-0.05, 0) is 31.1 Å². The van der Waals surface area contributed by atoms with Gasteiger partial charge in [0.25, 0.3) is 0 Å². The molecule has 3 fully saturated rings. The Bertz CT molecular complexity index is 286. The average molecular weight is 236 g/mol. The lowest BCUT2D eigenvalue weighted by molar-refractivity contribution is -0.133. The number of hydrogen-bond acceptors (Lipinski definition) is 2. The van der Waals surface area contributed by atoms with E-state index in [4.69, 9.17) is 0 Å². The molecule has 17 heavy (non-hydrogen) atoms. The highest BCUT2D eigenvalue weighted by molar-refractivity contribution is 5.77. The summed E-state index contributed by atoms with van der Waals surface area (Å²) in [6.45, 7) is 3.17. The molecule has 1 aliphatic carbocycles. The van der Waals surface area contributed by atoms with E-state index in [0.717, 1.165) is 32.0 Å². The standard InChI is InChI=1S/C14H24N2O/c17-14(8-11-4-2-1-3-5-11)16-7-6-12-9-15-10-13(12)16/h11-13,15H,1-10H2/t12-,13+/m0/s1. The molecule has 2 saturated heterocycles. The van der Waals surface area contributed by atoms with Gasteiger partial charge in [-0.2, -0.15) is 0 Å². The maximum atomic E-state index is 12.4. The zero-order valence-electron chi connectivity index (χ0n) is 10.7. The molecule has 3 nitrogen and oxygen atoms in total. The van der Waals surface area contributed by atoms with E-state index >= 15 is 0 Å². The Morgan fingerprint density at radius 1 is 1.12 bits per heavy atom. The highest BCUT2D eigenvalue weighted by atomic mass is 16.2. The number of nitrogens with zero attached hydrogens (tertiary/aromatic N) is 1. The molecule has 0 radical (unpaired) electrons. The molecule has 3 aliphatic rings. The average Bonchev–Trinajstić information content (AvgIpc) is 2.91. The first-order chi connectivity index (χ1) is 8.34. The van der Waals surface area contributed by atoms with Crippen LogP contribution in [-0.4, -0.2) is 36.5 Å². The lowest BCUT2D eigenvalue weighted by Crippen LogP contribution is -2.39. The predicted molar refractivity (Wildman–Crippen MR) is 67.7 cm³/mol. The predicted octanol–water partition coefficient (Wildman–Crippen LogP) is 1.78. The Kier molecular flexibility index (Phi) is 3.37. The summed E-state index contributed by atoms with van der Waals surface area (Å²) < 4.78 is 0. The molecule has 0 unspecified atom stereocenters. The van der Waals surface area contributed by atoms with Gasteiger partial charge in [-0.25, -0.2) is 0 Å². The van der Waals surface area contributed by atoms with Gasteiger partial charge in [0.05, 0.1) is 0 Å². The molecule has 0 aromatic heterocycles. The van der Waals surface area contributed by atoms with Gasteiger partial charge in [-0.1, -0.05) is 19.3 Å². The Morgan fingerprint density at radius 2 is 1.94 bits per heavy atom. The first kappa shape index (κ1) is 11.5. The monoisotopic (exact) mass is 236 g/mol. The van der Waals surface area contributed by atoms with Gasteiger partial charge >= 0.3 is 0 Å². The summed E-state index contributed by atoms with van der Waals surface area (Å²) in [5.74, 6) is 1.86. The molecule has 1 amide bonds. The van der Waals surface area contributed by atoms with Gasteiger partial charge in [-0.3, -0.25) is 4.79 Å². The van der Waals surface area contributed by atoms with Gasteiger partial charge in [0.2, 0.25) is 5.91 Å². The number of nitrogens with one attached hydrogen (secondary N) is 1. The van der Waals surface area contributed by atoms with Crippen molar-refractivity contribution in [1.82, 2.24) is 10.2 Å². The van der Waals surface area contributed by atoms with Gasteiger partial charge in [0.15, 0.2) is 0 Å². The molecule has 2 atom stereocenters. The molecule has 0 aromatic carbocycles. The van der Waals surface area contributed by atoms with Crippen molar-refractivity contribution in [1.29, 1.82) is 0 Å². The van der Waals surface area contributed by atoms with Crippen LogP contribution in [0.3, 0.4) is 0 Å². The van der Waals surface area contributed by atoms with E-state index < -0.39 is 0 Å². The summed E-state index contributed by atoms with van der Waals surface area (Å²) >= 11 is 0. The van der Waals surface area contributed by atoms with Crippen molar-refractivity contribution in [2.75, 3.05) is 19.6 Å². The molecule has 3 rings (SSSR count). The summed E-state index contributed by atoms with van der Waals surface area (Å²) in [6, 6.07) is 0.520. The van der Waals surface area contributed by atoms with Gasteiger partial charge < -0.3 is 10.2 Å². The fourth-order valence-corrected chi connectivity index (χ4v) is 3.91. The van der Waals surface area contributed by atoms with Crippen LogP contribution in [-0.2, 0) is 4.79 Å². The zero-order chi connectivity index (χ0) is 11.7. The summed E-state index contributed by atoms with van der Waals surface area (Å²) in [6.07, 6.45) is 8.66. The van der Waals surface area contributed by atoms with Crippen LogP contribution in [0.15, 0.2) is 0 Å². The van der Waals surface area contributed by atoms with Crippen molar-refractivity contribution in [3.63, 3.8) is 0 Å². The minimum atomic E-state index is 0.438. The van der Waals surface area contributed by atoms with Gasteiger partial charge in [-0.15, -0.1) is 0 Å². The quantitative estimate of drug-likeness (QED) is 0.792. The van der Waals surface area contributed by atoms with Gasteiger partial charge in [0, 0.05) is 32.1 Å². The molecule has 1 saturated carbocycles. The second-order valence-corrected chi connectivity index (χ2v) is 6.07. The summed E-state index contributed by atoms with van der Waals surface area (Å²) in [5, 5.41) is 3.42. The lowest BCUT2D eigenvalue weighted by Gasteiger charge is -2.27. The molecule has 2 heterocycles. The molecule has 0 bridgehead atoms. The van der Waals surface area contributed by atoms with Crippen molar-refractivity contribution in [2.45, 2.75) is 51.0 Å². The largest absolute Gasteiger partial charge is 0.338 e. The van der Waals surface area contributed by atoms with Gasteiger partial charge in [0.1, 0.15) is 0 Å². The van der Waals surface area contributed by atoms with Crippen LogP contribution in [0.5, 0.6) is 0 Å². The zero-order valence-corrected chi connectivity index (χ0v) is 10.7. The highest BCUT2D eigenvalue weighted by Gasteiger charge is 2.40. The fraction of sp³-hybridized carbons (Fsp3) is 0.929. The van der Waals surface area contributed by atoms with Crippen molar-refractivity contribution in [3.8, 4) is 0 Å². The van der Waals surface area contributed by atoms with E-state index in [2.05, 4.69) is 10.2 Å². The molecular weight excluding hydrogens is 212 g/mol. The fourth-order valence-electron chi connectivity index (χ4n) is 3.91. The van der Waals surface area contributed by atoms with E-state index in [9.17, 15) is 4.79 Å². The Labute approximate surface area is 104 Å². The van der Waals surface area contributed by atoms with Crippen LogP contribution >= 0.6 is 0 Å². The van der Waals surface area contributed by atoms with E-state index in [0.29, 0.717) is 17.9 Å². The number of carbonyl (C=O) groups excluding carboxylic acids is 1. The van der Waals surface area contributed by atoms with Crippen LogP contribution in [0, 0.1) is 11.8 Å². The molecule has 1 N–H and O–H groups in total. The molecular formula is C14H24N2O. The second kappa shape index (κ2) is 4.97. The first-order valence-corrected chi connectivity index (χ1v) is 7.35. The van der Waals surface area contributed by atoms with E-state index in [1.54, 1.807) is 0 Å². The number of rotatable bonds is 2. The topological polar surface area (TPSA) is 32.3 Å². The summed E-state index contributed by atoms with van der Waals surface area (Å²) in [4.78, 5) is 14.5. The maximum Gasteiger partial charge on any atom is 0.223 e. The van der Waals surface area contributed by atoms with Crippen LogP contribution < -0.4 is 5.32 Å². The SMILES string of the molecule is O=C(CC1CCCCC1)N1CC[C@H]2CNC[C@H]21. The van der Waals surface area contributed by atoms with Crippen molar-refractivity contribution in [2.24, 2.45) is 11.8 Å². The van der Waals surface area contributed by atoms with Crippen LogP contribution in [0.4, 0.5) is 0 Å². The van der Waals surface area contributed by atoms with E-state index in [1.807, 2.05) is 0 Å². The third-order valence-electron chi connectivity index (χ3n) is 4.95. The minimum Gasteiger partial charge on any atom is -0.338 e. The van der Waals surface area contributed by atoms with Crippen LogP contribution in [0.2, 0.25) is 0 Å². The summed E-state index contributed by atoms with van der Waals surface area (Å²) in [7, 11) is 0. The summed E-state index contributed by atoms with van der Waals surface area (Å²) in [5.41, 5.74) is 0. The van der Waals surface area contributed by atoms with E-state index in [1.165, 1.54) is 38.5 Å². The highest BCUT2D eigenvalue weighted by Crippen LogP contribution is 2.31.